The summed E-state index contributed by atoms with van der Waals surface area (Å²) in [5.74, 6) is 0.435. The standard InChI is InChI=1S/C18H19ClN2O3/c1-23-13-6-7-17(21-8-10-24-11-9-21)16(12-13)20-18(22)14-4-2-3-5-15(14)19/h2-7,12H,8-11H2,1H3,(H,20,22). The third kappa shape index (κ3) is 3.63. The van der Waals surface area contributed by atoms with Crippen LogP contribution in [0.15, 0.2) is 42.5 Å². The van der Waals surface area contributed by atoms with Crippen molar-refractivity contribution in [2.24, 2.45) is 0 Å². The van der Waals surface area contributed by atoms with E-state index in [1.807, 2.05) is 18.2 Å². The van der Waals surface area contributed by atoms with Gasteiger partial charge in [-0.2, -0.15) is 0 Å². The van der Waals surface area contributed by atoms with Gasteiger partial charge in [-0.3, -0.25) is 4.79 Å². The fourth-order valence-electron chi connectivity index (χ4n) is 2.66. The lowest BCUT2D eigenvalue weighted by Gasteiger charge is -2.30. The van der Waals surface area contributed by atoms with E-state index in [9.17, 15) is 4.79 Å². The second-order valence-corrected chi connectivity index (χ2v) is 5.82. The summed E-state index contributed by atoms with van der Waals surface area (Å²) in [6.45, 7) is 2.90. The first-order valence-electron chi connectivity index (χ1n) is 7.75. The SMILES string of the molecule is COc1ccc(N2CCOCC2)c(NC(=O)c2ccccc2Cl)c1. The molecule has 3 rings (SSSR count). The monoisotopic (exact) mass is 346 g/mol. The van der Waals surface area contributed by atoms with E-state index >= 15 is 0 Å². The summed E-state index contributed by atoms with van der Waals surface area (Å²) >= 11 is 6.12. The lowest BCUT2D eigenvalue weighted by atomic mass is 10.1. The average Bonchev–Trinajstić information content (AvgIpc) is 2.62. The Labute approximate surface area is 146 Å². The molecule has 1 fully saturated rings. The summed E-state index contributed by atoms with van der Waals surface area (Å²) in [5, 5.41) is 3.38. The smallest absolute Gasteiger partial charge is 0.257 e. The van der Waals surface area contributed by atoms with Gasteiger partial charge in [0.25, 0.3) is 5.91 Å². The van der Waals surface area contributed by atoms with Gasteiger partial charge >= 0.3 is 0 Å². The number of hydrogen-bond donors (Lipinski definition) is 1. The van der Waals surface area contributed by atoms with Crippen molar-refractivity contribution in [2.45, 2.75) is 0 Å². The minimum atomic E-state index is -0.247. The van der Waals surface area contributed by atoms with Crippen LogP contribution in [0.1, 0.15) is 10.4 Å². The fourth-order valence-corrected chi connectivity index (χ4v) is 2.88. The molecule has 0 saturated carbocycles. The fraction of sp³-hybridized carbons (Fsp3) is 0.278. The van der Waals surface area contributed by atoms with Gasteiger partial charge in [-0.25, -0.2) is 0 Å². The number of nitrogens with one attached hydrogen (secondary N) is 1. The predicted octanol–water partition coefficient (Wildman–Crippen LogP) is 3.44. The van der Waals surface area contributed by atoms with Crippen LogP contribution in [0, 0.1) is 0 Å². The van der Waals surface area contributed by atoms with Gasteiger partial charge in [-0.15, -0.1) is 0 Å². The number of benzene rings is 2. The van der Waals surface area contributed by atoms with Crippen molar-refractivity contribution in [2.75, 3.05) is 43.6 Å². The number of halogens is 1. The Balaban J connectivity index is 1.90. The van der Waals surface area contributed by atoms with Crippen LogP contribution < -0.4 is 15.0 Å². The number of ether oxygens (including phenoxy) is 2. The largest absolute Gasteiger partial charge is 0.497 e. The van der Waals surface area contributed by atoms with Crippen LogP contribution in [-0.2, 0) is 4.74 Å². The normalized spacial score (nSPS) is 14.3. The molecule has 0 radical (unpaired) electrons. The molecule has 6 heteroatoms. The highest BCUT2D eigenvalue weighted by Gasteiger charge is 2.18. The van der Waals surface area contributed by atoms with Crippen LogP contribution in [-0.4, -0.2) is 39.3 Å². The predicted molar refractivity (Wildman–Crippen MR) is 95.4 cm³/mol. The van der Waals surface area contributed by atoms with Crippen molar-refractivity contribution >= 4 is 28.9 Å². The summed E-state index contributed by atoms with van der Waals surface area (Å²) in [6, 6.07) is 12.6. The number of morpholine rings is 1. The van der Waals surface area contributed by atoms with Crippen molar-refractivity contribution in [3.8, 4) is 5.75 Å². The number of amides is 1. The molecule has 2 aromatic carbocycles. The van der Waals surface area contributed by atoms with Crippen LogP contribution >= 0.6 is 11.6 Å². The molecule has 5 nitrogen and oxygen atoms in total. The second-order valence-electron chi connectivity index (χ2n) is 5.42. The molecule has 1 heterocycles. The number of hydrogen-bond acceptors (Lipinski definition) is 4. The van der Waals surface area contributed by atoms with Gasteiger partial charge in [0.2, 0.25) is 0 Å². The first-order valence-corrected chi connectivity index (χ1v) is 8.13. The van der Waals surface area contributed by atoms with Gasteiger partial charge in [0.05, 0.1) is 42.3 Å². The van der Waals surface area contributed by atoms with Gasteiger partial charge in [0, 0.05) is 19.2 Å². The Bertz CT molecular complexity index is 730. The topological polar surface area (TPSA) is 50.8 Å². The lowest BCUT2D eigenvalue weighted by Crippen LogP contribution is -2.36. The minimum Gasteiger partial charge on any atom is -0.497 e. The number of anilines is 2. The van der Waals surface area contributed by atoms with Crippen molar-refractivity contribution in [1.29, 1.82) is 0 Å². The van der Waals surface area contributed by atoms with E-state index in [0.717, 1.165) is 18.8 Å². The Morgan fingerprint density at radius 1 is 1.21 bits per heavy atom. The first-order chi connectivity index (χ1) is 11.7. The maximum atomic E-state index is 12.6. The van der Waals surface area contributed by atoms with Crippen LogP contribution in [0.25, 0.3) is 0 Å². The average molecular weight is 347 g/mol. The molecule has 0 atom stereocenters. The number of carbonyl (C=O) groups excluding carboxylic acids is 1. The maximum Gasteiger partial charge on any atom is 0.257 e. The zero-order valence-electron chi connectivity index (χ0n) is 13.4. The molecule has 1 aliphatic heterocycles. The van der Waals surface area contributed by atoms with Gasteiger partial charge in [0.15, 0.2) is 0 Å². The van der Waals surface area contributed by atoms with Crippen molar-refractivity contribution in [3.05, 3.63) is 53.1 Å². The molecule has 1 saturated heterocycles. The van der Waals surface area contributed by atoms with Gasteiger partial charge in [0.1, 0.15) is 5.75 Å². The third-order valence-electron chi connectivity index (χ3n) is 3.92. The van der Waals surface area contributed by atoms with Crippen molar-refractivity contribution in [3.63, 3.8) is 0 Å². The summed E-state index contributed by atoms with van der Waals surface area (Å²) in [4.78, 5) is 14.8. The second kappa shape index (κ2) is 7.55. The van der Waals surface area contributed by atoms with Crippen molar-refractivity contribution < 1.29 is 14.3 Å². The molecule has 0 bridgehead atoms. The molecule has 126 valence electrons. The zero-order chi connectivity index (χ0) is 16.9. The molecule has 1 N–H and O–H groups in total. The molecule has 1 amide bonds. The number of methoxy groups -OCH3 is 1. The highest BCUT2D eigenvalue weighted by atomic mass is 35.5. The Morgan fingerprint density at radius 3 is 2.67 bits per heavy atom. The van der Waals surface area contributed by atoms with Gasteiger partial charge in [-0.1, -0.05) is 23.7 Å². The Hall–Kier alpha value is -2.24. The van der Waals surface area contributed by atoms with Crippen LogP contribution in [0.4, 0.5) is 11.4 Å². The maximum absolute atomic E-state index is 12.6. The van der Waals surface area contributed by atoms with Crippen LogP contribution in [0.3, 0.4) is 0 Å². The van der Waals surface area contributed by atoms with Crippen LogP contribution in [0.2, 0.25) is 5.02 Å². The number of carbonyl (C=O) groups is 1. The quantitative estimate of drug-likeness (QED) is 0.921. The van der Waals surface area contributed by atoms with Crippen molar-refractivity contribution in [1.82, 2.24) is 0 Å². The molecule has 2 aromatic rings. The zero-order valence-corrected chi connectivity index (χ0v) is 14.2. The van der Waals surface area contributed by atoms with E-state index in [-0.39, 0.29) is 5.91 Å². The number of rotatable bonds is 4. The third-order valence-corrected chi connectivity index (χ3v) is 4.25. The van der Waals surface area contributed by atoms with E-state index in [2.05, 4.69) is 10.2 Å². The first kappa shape index (κ1) is 16.6. The van der Waals surface area contributed by atoms with Gasteiger partial charge in [-0.05, 0) is 24.3 Å². The highest BCUT2D eigenvalue weighted by Crippen LogP contribution is 2.31. The molecule has 0 unspecified atom stereocenters. The molecule has 1 aliphatic rings. The summed E-state index contributed by atoms with van der Waals surface area (Å²) < 4.78 is 10.7. The Kier molecular flexibility index (Phi) is 5.23. The molecular formula is C18H19ClN2O3. The van der Waals surface area contributed by atoms with E-state index in [1.165, 1.54) is 0 Å². The molecule has 24 heavy (non-hydrogen) atoms. The number of nitrogens with zero attached hydrogens (tertiary/aromatic N) is 1. The van der Waals surface area contributed by atoms with E-state index in [4.69, 9.17) is 21.1 Å². The van der Waals surface area contributed by atoms with Crippen LogP contribution in [0.5, 0.6) is 5.75 Å². The van der Waals surface area contributed by atoms with E-state index < -0.39 is 0 Å². The summed E-state index contributed by atoms with van der Waals surface area (Å²) in [7, 11) is 1.60. The van der Waals surface area contributed by atoms with E-state index in [0.29, 0.717) is 35.2 Å². The highest BCUT2D eigenvalue weighted by molar-refractivity contribution is 6.34. The summed E-state index contributed by atoms with van der Waals surface area (Å²) in [6.07, 6.45) is 0. The molecule has 0 aromatic heterocycles. The molecular weight excluding hydrogens is 328 g/mol. The molecule has 0 spiro atoms. The molecule has 0 aliphatic carbocycles. The minimum absolute atomic E-state index is 0.247. The van der Waals surface area contributed by atoms with Gasteiger partial charge < -0.3 is 19.7 Å². The summed E-state index contributed by atoms with van der Waals surface area (Å²) in [5.41, 5.74) is 2.08. The Morgan fingerprint density at radius 2 is 1.96 bits per heavy atom. The van der Waals surface area contributed by atoms with E-state index in [1.54, 1.807) is 31.4 Å². The lowest BCUT2D eigenvalue weighted by molar-refractivity contribution is 0.102.